The first-order valence-corrected chi connectivity index (χ1v) is 12.3. The van der Waals surface area contributed by atoms with Gasteiger partial charge < -0.3 is 5.11 Å². The number of carboxylic acids is 1. The number of nitrogens with one attached hydrogen (secondary N) is 1. The molecule has 0 unspecified atom stereocenters. The number of hydrogen-bond acceptors (Lipinski definition) is 3. The summed E-state index contributed by atoms with van der Waals surface area (Å²) in [5.41, 5.74) is 4.18. The maximum Gasteiger partial charge on any atom is 0.328 e. The van der Waals surface area contributed by atoms with E-state index in [2.05, 4.69) is 95.1 Å². The van der Waals surface area contributed by atoms with Crippen LogP contribution in [0, 0.1) is 0 Å². The largest absolute Gasteiger partial charge is 0.478 e. The fraction of sp³-hybridized carbons (Fsp3) is 0.156. The Kier molecular flexibility index (Phi) is 8.82. The molecule has 0 radical (unpaired) electrons. The molecule has 0 amide bonds. The molecule has 4 heteroatoms. The molecule has 0 aromatic heterocycles. The Morgan fingerprint density at radius 2 is 1.17 bits per heavy atom. The number of benzene rings is 4. The van der Waals surface area contributed by atoms with Crippen molar-refractivity contribution in [1.29, 1.82) is 0 Å². The molecular weight excluding hydrogens is 444 g/mol. The molecule has 2 N–H and O–H groups in total. The van der Waals surface area contributed by atoms with Crippen LogP contribution in [0.15, 0.2) is 133 Å². The zero-order chi connectivity index (χ0) is 25.1. The van der Waals surface area contributed by atoms with E-state index in [9.17, 15) is 4.79 Å². The molecule has 36 heavy (non-hydrogen) atoms. The van der Waals surface area contributed by atoms with Crippen LogP contribution in [0.3, 0.4) is 0 Å². The van der Waals surface area contributed by atoms with E-state index < -0.39 is 11.5 Å². The van der Waals surface area contributed by atoms with Gasteiger partial charge in [-0.05, 0) is 22.3 Å². The Labute approximate surface area is 213 Å². The highest BCUT2D eigenvalue weighted by molar-refractivity contribution is 5.79. The molecule has 0 fully saturated rings. The summed E-state index contributed by atoms with van der Waals surface area (Å²) in [4.78, 5) is 13.3. The lowest BCUT2D eigenvalue weighted by Crippen LogP contribution is -2.47. The van der Waals surface area contributed by atoms with Crippen molar-refractivity contribution >= 4 is 5.97 Å². The van der Waals surface area contributed by atoms with Crippen LogP contribution in [0.4, 0.5) is 0 Å². The van der Waals surface area contributed by atoms with Crippen LogP contribution < -0.4 is 5.32 Å². The van der Waals surface area contributed by atoms with Gasteiger partial charge in [-0.1, -0.05) is 127 Å². The normalized spacial score (nSPS) is 11.7. The number of hydrogen-bond donors (Lipinski definition) is 2. The molecule has 0 atom stereocenters. The van der Waals surface area contributed by atoms with E-state index in [-0.39, 0.29) is 0 Å². The first-order chi connectivity index (χ1) is 17.7. The van der Waals surface area contributed by atoms with Crippen LogP contribution in [0.2, 0.25) is 0 Å². The van der Waals surface area contributed by atoms with Crippen molar-refractivity contribution in [2.75, 3.05) is 19.6 Å². The highest BCUT2D eigenvalue weighted by atomic mass is 16.4. The minimum atomic E-state index is -0.927. The lowest BCUT2D eigenvalue weighted by molar-refractivity contribution is -0.131. The Hall–Kier alpha value is -3.99. The third-order valence-corrected chi connectivity index (χ3v) is 6.31. The average molecular weight is 477 g/mol. The second-order valence-electron chi connectivity index (χ2n) is 8.74. The van der Waals surface area contributed by atoms with Gasteiger partial charge in [-0.3, -0.25) is 10.2 Å². The fourth-order valence-corrected chi connectivity index (χ4v) is 4.65. The molecule has 0 aliphatic heterocycles. The molecule has 0 spiro atoms. The SMILES string of the molecule is O=C(O)/C=C\CN(CCNC(c1ccccc1)(c1ccccc1)c1ccccc1)Cc1ccccc1. The molecule has 4 rings (SSSR count). The molecule has 182 valence electrons. The number of aliphatic carboxylic acids is 1. The van der Waals surface area contributed by atoms with Crippen LogP contribution >= 0.6 is 0 Å². The van der Waals surface area contributed by atoms with Gasteiger partial charge in [-0.15, -0.1) is 0 Å². The van der Waals surface area contributed by atoms with Gasteiger partial charge in [0.05, 0.1) is 5.54 Å². The molecule has 4 aromatic carbocycles. The fourth-order valence-electron chi connectivity index (χ4n) is 4.65. The molecular formula is C32H32N2O2. The van der Waals surface area contributed by atoms with Crippen molar-refractivity contribution in [3.63, 3.8) is 0 Å². The molecule has 0 saturated heterocycles. The van der Waals surface area contributed by atoms with Crippen LogP contribution in [-0.4, -0.2) is 35.6 Å². The molecule has 4 aromatic rings. The average Bonchev–Trinajstić information content (AvgIpc) is 2.93. The van der Waals surface area contributed by atoms with E-state index in [0.717, 1.165) is 13.1 Å². The summed E-state index contributed by atoms with van der Waals surface area (Å²) >= 11 is 0. The quantitative estimate of drug-likeness (QED) is 0.203. The van der Waals surface area contributed by atoms with E-state index >= 15 is 0 Å². The first kappa shape index (κ1) is 25.1. The highest BCUT2D eigenvalue weighted by Gasteiger charge is 2.35. The number of nitrogens with zero attached hydrogens (tertiary/aromatic N) is 1. The van der Waals surface area contributed by atoms with Gasteiger partial charge in [-0.25, -0.2) is 4.79 Å². The van der Waals surface area contributed by atoms with Crippen molar-refractivity contribution in [2.45, 2.75) is 12.1 Å². The third-order valence-electron chi connectivity index (χ3n) is 6.31. The van der Waals surface area contributed by atoms with Crippen LogP contribution in [0.25, 0.3) is 0 Å². The predicted octanol–water partition coefficient (Wildman–Crippen LogP) is 5.71. The van der Waals surface area contributed by atoms with Gasteiger partial charge in [0.25, 0.3) is 0 Å². The van der Waals surface area contributed by atoms with E-state index in [1.807, 2.05) is 36.4 Å². The summed E-state index contributed by atoms with van der Waals surface area (Å²) in [6, 6.07) is 41.9. The van der Waals surface area contributed by atoms with Gasteiger partial charge in [-0.2, -0.15) is 0 Å². The topological polar surface area (TPSA) is 52.6 Å². The number of rotatable bonds is 12. The van der Waals surface area contributed by atoms with Gasteiger partial charge in [0.15, 0.2) is 0 Å². The molecule has 4 nitrogen and oxygen atoms in total. The third kappa shape index (κ3) is 6.36. The Bertz CT molecular complexity index is 1130. The van der Waals surface area contributed by atoms with Gasteiger partial charge >= 0.3 is 5.97 Å². The molecule has 0 bridgehead atoms. The van der Waals surface area contributed by atoms with Crippen molar-refractivity contribution < 1.29 is 9.90 Å². The van der Waals surface area contributed by atoms with Gasteiger partial charge in [0.2, 0.25) is 0 Å². The zero-order valence-corrected chi connectivity index (χ0v) is 20.3. The van der Waals surface area contributed by atoms with Crippen LogP contribution in [-0.2, 0) is 16.9 Å². The van der Waals surface area contributed by atoms with Crippen molar-refractivity contribution in [3.8, 4) is 0 Å². The van der Waals surface area contributed by atoms with Crippen molar-refractivity contribution in [1.82, 2.24) is 10.2 Å². The summed E-state index contributed by atoms with van der Waals surface area (Å²) in [5.74, 6) is -0.927. The zero-order valence-electron chi connectivity index (χ0n) is 20.3. The Morgan fingerprint density at radius 3 is 1.61 bits per heavy atom. The lowest BCUT2D eigenvalue weighted by Gasteiger charge is -2.38. The molecule has 0 heterocycles. The van der Waals surface area contributed by atoms with Gasteiger partial charge in [0, 0.05) is 32.3 Å². The standard InChI is InChI=1S/C32H32N2O2/c35-31(36)22-13-24-34(26-27-14-5-1-6-15-27)25-23-33-32(28-16-7-2-8-17-28,29-18-9-3-10-19-29)30-20-11-4-12-21-30/h1-22,33H,23-26H2,(H,35,36)/b22-13-. The van der Waals surface area contributed by atoms with Crippen LogP contribution in [0.5, 0.6) is 0 Å². The van der Waals surface area contributed by atoms with E-state index in [4.69, 9.17) is 5.11 Å². The summed E-state index contributed by atoms with van der Waals surface area (Å²) in [6.07, 6.45) is 2.93. The molecule has 0 aliphatic carbocycles. The maximum absolute atomic E-state index is 11.0. The van der Waals surface area contributed by atoms with E-state index in [0.29, 0.717) is 13.1 Å². The van der Waals surface area contributed by atoms with Crippen molar-refractivity contribution in [2.24, 2.45) is 0 Å². The maximum atomic E-state index is 11.0. The molecule has 0 saturated carbocycles. The Morgan fingerprint density at radius 1 is 0.722 bits per heavy atom. The lowest BCUT2D eigenvalue weighted by atomic mass is 9.77. The monoisotopic (exact) mass is 476 g/mol. The smallest absolute Gasteiger partial charge is 0.328 e. The minimum absolute atomic E-state index is 0.529. The number of carbonyl (C=O) groups is 1. The minimum Gasteiger partial charge on any atom is -0.478 e. The first-order valence-electron chi connectivity index (χ1n) is 12.3. The molecule has 0 aliphatic rings. The number of carboxylic acid groups (broad SMARTS) is 1. The second-order valence-corrected chi connectivity index (χ2v) is 8.74. The summed E-state index contributed by atoms with van der Waals surface area (Å²) in [5, 5.41) is 13.0. The van der Waals surface area contributed by atoms with Crippen molar-refractivity contribution in [3.05, 3.63) is 156 Å². The van der Waals surface area contributed by atoms with Crippen LogP contribution in [0.1, 0.15) is 22.3 Å². The van der Waals surface area contributed by atoms with E-state index in [1.165, 1.54) is 28.3 Å². The van der Waals surface area contributed by atoms with E-state index in [1.54, 1.807) is 6.08 Å². The second kappa shape index (κ2) is 12.6. The van der Waals surface area contributed by atoms with Gasteiger partial charge in [0.1, 0.15) is 0 Å². The highest BCUT2D eigenvalue weighted by Crippen LogP contribution is 2.36. The predicted molar refractivity (Wildman–Crippen MR) is 146 cm³/mol. The summed E-state index contributed by atoms with van der Waals surface area (Å²) < 4.78 is 0. The Balaban J connectivity index is 1.64. The summed E-state index contributed by atoms with van der Waals surface area (Å²) in [7, 11) is 0. The summed E-state index contributed by atoms with van der Waals surface area (Å²) in [6.45, 7) is 2.74.